The van der Waals surface area contributed by atoms with E-state index >= 15 is 0 Å². The maximum absolute atomic E-state index is 13.2. The van der Waals surface area contributed by atoms with Crippen LogP contribution in [0.15, 0.2) is 36.7 Å². The van der Waals surface area contributed by atoms with E-state index in [1.165, 1.54) is 30.4 Å². The van der Waals surface area contributed by atoms with Gasteiger partial charge in [0.15, 0.2) is 0 Å². The number of aromatic amines is 1. The van der Waals surface area contributed by atoms with Gasteiger partial charge in [-0.25, -0.2) is 0 Å². The minimum absolute atomic E-state index is 0.200. The van der Waals surface area contributed by atoms with Gasteiger partial charge in [0.05, 0.1) is 17.3 Å². The number of carbonyl (C=O) groups is 1. The van der Waals surface area contributed by atoms with E-state index in [2.05, 4.69) is 46.7 Å². The molecule has 2 aromatic rings. The van der Waals surface area contributed by atoms with Gasteiger partial charge in [0.2, 0.25) is 5.91 Å². The van der Waals surface area contributed by atoms with E-state index in [1.807, 2.05) is 0 Å². The molecule has 0 radical (unpaired) electrons. The van der Waals surface area contributed by atoms with Crippen LogP contribution in [0.25, 0.3) is 0 Å². The number of carbonyl (C=O) groups excluding carboxylic acids is 1. The highest BCUT2D eigenvalue weighted by molar-refractivity contribution is 5.95. The Balaban J connectivity index is 1.50. The molecule has 1 aromatic carbocycles. The lowest BCUT2D eigenvalue weighted by Crippen LogP contribution is -2.57. The van der Waals surface area contributed by atoms with E-state index in [9.17, 15) is 4.79 Å². The van der Waals surface area contributed by atoms with E-state index in [0.29, 0.717) is 11.8 Å². The van der Waals surface area contributed by atoms with Gasteiger partial charge in [0, 0.05) is 6.20 Å². The number of H-pyrrole nitrogens is 1. The number of anilines is 1. The minimum Gasteiger partial charge on any atom is -0.323 e. The van der Waals surface area contributed by atoms with Crippen LogP contribution < -0.4 is 5.32 Å². The molecule has 0 saturated heterocycles. The van der Waals surface area contributed by atoms with Gasteiger partial charge in [-0.15, -0.1) is 0 Å². The molecule has 25 heavy (non-hydrogen) atoms. The zero-order valence-corrected chi connectivity index (χ0v) is 14.7. The lowest BCUT2D eigenvalue weighted by atomic mass is 9.42. The molecule has 4 saturated carbocycles. The number of aromatic nitrogens is 2. The molecule has 4 fully saturated rings. The van der Waals surface area contributed by atoms with E-state index in [4.69, 9.17) is 0 Å². The van der Waals surface area contributed by atoms with E-state index in [-0.39, 0.29) is 16.7 Å². The third kappa shape index (κ3) is 2.34. The molecule has 4 aliphatic rings. The van der Waals surface area contributed by atoms with Crippen LogP contribution in [0.2, 0.25) is 0 Å². The van der Waals surface area contributed by atoms with E-state index in [0.717, 1.165) is 24.9 Å². The van der Waals surface area contributed by atoms with Crippen LogP contribution >= 0.6 is 0 Å². The van der Waals surface area contributed by atoms with Gasteiger partial charge in [-0.1, -0.05) is 29.8 Å². The Bertz CT molecular complexity index is 779. The fraction of sp³-hybridized carbons (Fsp3) is 0.524. The first-order valence-corrected chi connectivity index (χ1v) is 9.44. The van der Waals surface area contributed by atoms with Crippen molar-refractivity contribution in [2.24, 2.45) is 17.3 Å². The van der Waals surface area contributed by atoms with Crippen molar-refractivity contribution in [1.29, 1.82) is 0 Å². The van der Waals surface area contributed by atoms with Crippen LogP contribution in [0.1, 0.15) is 49.7 Å². The smallest absolute Gasteiger partial charge is 0.230 e. The molecule has 2 N–H and O–H groups in total. The highest BCUT2D eigenvalue weighted by atomic mass is 16.2. The highest BCUT2D eigenvalue weighted by Gasteiger charge is 2.60. The number of benzene rings is 1. The summed E-state index contributed by atoms with van der Waals surface area (Å²) in [4.78, 5) is 13.2. The average molecular weight is 335 g/mol. The fourth-order valence-electron chi connectivity index (χ4n) is 6.36. The lowest BCUT2D eigenvalue weighted by molar-refractivity contribution is -0.143. The monoisotopic (exact) mass is 335 g/mol. The van der Waals surface area contributed by atoms with E-state index in [1.54, 1.807) is 12.4 Å². The second kappa shape index (κ2) is 5.20. The average Bonchev–Trinajstić information content (AvgIpc) is 3.07. The van der Waals surface area contributed by atoms with Crippen molar-refractivity contribution in [3.05, 3.63) is 47.8 Å². The second-order valence-corrected chi connectivity index (χ2v) is 8.83. The molecule has 4 nitrogen and oxygen atoms in total. The van der Waals surface area contributed by atoms with Crippen LogP contribution in [-0.4, -0.2) is 16.1 Å². The van der Waals surface area contributed by atoms with Gasteiger partial charge in [-0.05, 0) is 68.3 Å². The van der Waals surface area contributed by atoms with Crippen molar-refractivity contribution in [2.75, 3.05) is 5.32 Å². The Kier molecular flexibility index (Phi) is 3.16. The molecule has 1 aromatic heterocycles. The van der Waals surface area contributed by atoms with Crippen LogP contribution in [0.4, 0.5) is 5.69 Å². The first-order chi connectivity index (χ1) is 12.1. The Labute approximate surface area is 148 Å². The summed E-state index contributed by atoms with van der Waals surface area (Å²) in [6.07, 6.45) is 10.4. The molecular formula is C21H25N3O. The third-order valence-electron chi connectivity index (χ3n) is 6.96. The summed E-state index contributed by atoms with van der Waals surface area (Å²) in [6.45, 7) is 2.14. The van der Waals surface area contributed by atoms with Crippen molar-refractivity contribution < 1.29 is 4.79 Å². The first-order valence-electron chi connectivity index (χ1n) is 9.44. The molecular weight excluding hydrogens is 310 g/mol. The third-order valence-corrected chi connectivity index (χ3v) is 6.96. The lowest BCUT2D eigenvalue weighted by Gasteiger charge is -2.61. The Morgan fingerprint density at radius 1 is 1.16 bits per heavy atom. The number of hydrogen-bond acceptors (Lipinski definition) is 2. The minimum atomic E-state index is -0.202. The summed E-state index contributed by atoms with van der Waals surface area (Å²) < 4.78 is 0. The number of nitrogens with one attached hydrogen (secondary N) is 2. The van der Waals surface area contributed by atoms with Gasteiger partial charge in [-0.2, -0.15) is 5.10 Å². The van der Waals surface area contributed by atoms with Crippen molar-refractivity contribution in [1.82, 2.24) is 10.2 Å². The molecule has 0 unspecified atom stereocenters. The van der Waals surface area contributed by atoms with Gasteiger partial charge in [-0.3, -0.25) is 9.89 Å². The Morgan fingerprint density at radius 3 is 2.52 bits per heavy atom. The molecule has 2 atom stereocenters. The van der Waals surface area contributed by atoms with Gasteiger partial charge in [0.25, 0.3) is 0 Å². The fourth-order valence-corrected chi connectivity index (χ4v) is 6.36. The Hall–Kier alpha value is -2.10. The quantitative estimate of drug-likeness (QED) is 0.883. The molecule has 0 spiro atoms. The van der Waals surface area contributed by atoms with Gasteiger partial charge >= 0.3 is 0 Å². The molecule has 4 aliphatic carbocycles. The maximum atomic E-state index is 13.2. The molecule has 1 heterocycles. The number of hydrogen-bond donors (Lipinski definition) is 2. The van der Waals surface area contributed by atoms with Gasteiger partial charge in [0.1, 0.15) is 0 Å². The summed E-state index contributed by atoms with van der Waals surface area (Å²) in [6, 6.07) is 9.08. The molecule has 1 amide bonds. The number of aryl methyl sites for hydroxylation is 1. The van der Waals surface area contributed by atoms with Crippen molar-refractivity contribution in [3.8, 4) is 0 Å². The largest absolute Gasteiger partial charge is 0.323 e. The summed E-state index contributed by atoms with van der Waals surface area (Å²) in [5, 5.41) is 9.86. The standard InChI is InChI=1S/C21H25N3O/c1-14-2-4-17(5-3-14)20-7-15-6-16(8-20)10-21(9-15,13-20)19(25)24-18-11-22-23-12-18/h2-5,11-12,15-16H,6-10,13H2,1H3,(H,22,23)(H,24,25)/t15-,16-,20?,21?/m1/s1. The van der Waals surface area contributed by atoms with Crippen LogP contribution in [0.5, 0.6) is 0 Å². The summed E-state index contributed by atoms with van der Waals surface area (Å²) in [5.41, 5.74) is 3.54. The normalized spacial score (nSPS) is 35.7. The maximum Gasteiger partial charge on any atom is 0.230 e. The van der Waals surface area contributed by atoms with Crippen molar-refractivity contribution in [2.45, 2.75) is 50.9 Å². The summed E-state index contributed by atoms with van der Waals surface area (Å²) in [7, 11) is 0. The van der Waals surface area contributed by atoms with Crippen molar-refractivity contribution in [3.63, 3.8) is 0 Å². The molecule has 4 bridgehead atoms. The number of nitrogens with zero attached hydrogens (tertiary/aromatic N) is 1. The molecule has 130 valence electrons. The predicted octanol–water partition coefficient (Wildman–Crippen LogP) is 4.19. The highest BCUT2D eigenvalue weighted by Crippen LogP contribution is 2.65. The van der Waals surface area contributed by atoms with Crippen LogP contribution in [0.3, 0.4) is 0 Å². The number of amides is 1. The summed E-state index contributed by atoms with van der Waals surface area (Å²) >= 11 is 0. The van der Waals surface area contributed by atoms with Crippen molar-refractivity contribution >= 4 is 11.6 Å². The molecule has 6 rings (SSSR count). The Morgan fingerprint density at radius 2 is 1.88 bits per heavy atom. The van der Waals surface area contributed by atoms with Crippen LogP contribution in [0, 0.1) is 24.2 Å². The first kappa shape index (κ1) is 15.2. The number of rotatable bonds is 3. The van der Waals surface area contributed by atoms with Crippen LogP contribution in [-0.2, 0) is 10.2 Å². The molecule has 0 aliphatic heterocycles. The van der Waals surface area contributed by atoms with E-state index < -0.39 is 0 Å². The zero-order chi connectivity index (χ0) is 17.1. The molecule has 4 heteroatoms. The van der Waals surface area contributed by atoms with Gasteiger partial charge < -0.3 is 5.32 Å². The summed E-state index contributed by atoms with van der Waals surface area (Å²) in [5.74, 6) is 1.59. The predicted molar refractivity (Wildman–Crippen MR) is 97.2 cm³/mol. The SMILES string of the molecule is Cc1ccc(C23C[C@H]4C[C@@H](CC(C(=O)Nc5cn[nH]c5)(C4)C2)C3)cc1. The topological polar surface area (TPSA) is 57.8 Å². The zero-order valence-electron chi connectivity index (χ0n) is 14.7. The second-order valence-electron chi connectivity index (χ2n) is 8.83.